The summed E-state index contributed by atoms with van der Waals surface area (Å²) in [6.07, 6.45) is 2.79. The van der Waals surface area contributed by atoms with Crippen LogP contribution in [0.15, 0.2) is 97.6 Å². The number of rotatable bonds is 3. The molecule has 4 aromatic carbocycles. The minimum Gasteiger partial charge on any atom is -0.793 e. The van der Waals surface area contributed by atoms with Crippen molar-refractivity contribution in [3.8, 4) is 33.8 Å². The maximum atomic E-state index is 9.99. The Hall–Kier alpha value is -3.89. The summed E-state index contributed by atoms with van der Waals surface area (Å²) in [4.78, 5) is 16.2. The van der Waals surface area contributed by atoms with E-state index in [9.17, 15) is 5.11 Å². The number of nitrogens with two attached hydrogens (primary N) is 2. The smallest absolute Gasteiger partial charge is 0.793 e. The predicted octanol–water partition coefficient (Wildman–Crippen LogP) is 3.67. The molecule has 10 heteroatoms. The number of ether oxygens (including phenoxy) is 1. The number of fused-ring (bicyclic) bond motifs is 2. The number of hydrogen-bond acceptors (Lipinski definition) is 9. The van der Waals surface area contributed by atoms with Crippen molar-refractivity contribution in [1.82, 2.24) is 19.9 Å². The zero-order valence-electron chi connectivity index (χ0n) is 23.2. The van der Waals surface area contributed by atoms with Gasteiger partial charge in [0.25, 0.3) is 0 Å². The van der Waals surface area contributed by atoms with Crippen LogP contribution in [0.2, 0.25) is 0 Å². The molecule has 0 bridgehead atoms. The summed E-state index contributed by atoms with van der Waals surface area (Å²) in [6, 6.07) is 27.4. The standard InChI is InChI=1S/C15H13N3O.C14H11N3O.C2H6S.CH4.Na/c1-19-13-8-11(10-5-3-2-4-6-10)7-12-14(13)17-9-18-15(12)16;15-14-11-6-10(9-4-2-1-3-5-9)7-12(18)13(11)16-8-17-14;1-2-3;;/h2-9H,1H3,(H2,16,17,18);1-8,18H,(H2,15,16,17);3H,2H2,1H3;1H4;/q;;;;+1/p-1. The maximum Gasteiger partial charge on any atom is 1.00 e. The normalized spacial score (nSPS) is 9.79. The molecule has 210 valence electrons. The van der Waals surface area contributed by atoms with E-state index in [1.807, 2.05) is 85.8 Å². The molecule has 0 fully saturated rings. The second kappa shape index (κ2) is 16.5. The fraction of sp³-hybridized carbons (Fsp3) is 0.125. The van der Waals surface area contributed by atoms with Crippen molar-refractivity contribution in [2.45, 2.75) is 14.4 Å². The van der Waals surface area contributed by atoms with Crippen LogP contribution in [0.3, 0.4) is 0 Å². The molecule has 0 radical (unpaired) electrons. The van der Waals surface area contributed by atoms with Gasteiger partial charge in [0.1, 0.15) is 46.8 Å². The molecule has 5 N–H and O–H groups in total. The summed E-state index contributed by atoms with van der Waals surface area (Å²) in [6.45, 7) is 1.94. The van der Waals surface area contributed by atoms with Gasteiger partial charge in [-0.1, -0.05) is 75.0 Å². The van der Waals surface area contributed by atoms with Crippen LogP contribution in [-0.2, 0) is 12.6 Å². The topological polar surface area (TPSA) is 133 Å². The van der Waals surface area contributed by atoms with E-state index in [0.717, 1.165) is 38.9 Å². The molecule has 0 spiro atoms. The van der Waals surface area contributed by atoms with E-state index < -0.39 is 0 Å². The monoisotopic (exact) mass is 588 g/mol. The van der Waals surface area contributed by atoms with Crippen molar-refractivity contribution in [3.63, 3.8) is 0 Å². The van der Waals surface area contributed by atoms with Gasteiger partial charge in [-0.15, -0.1) is 0 Å². The summed E-state index contributed by atoms with van der Waals surface area (Å²) < 4.78 is 5.40. The largest absolute Gasteiger partial charge is 1.00 e. The van der Waals surface area contributed by atoms with Crippen molar-refractivity contribution in [3.05, 3.63) is 97.6 Å². The number of aromatic hydroxyl groups is 1. The number of nitrogens with zero attached hydrogens (tertiary/aromatic N) is 4. The van der Waals surface area contributed by atoms with Crippen molar-refractivity contribution >= 4 is 46.1 Å². The number of methoxy groups -OCH3 is 1. The Kier molecular flexibility index (Phi) is 13.5. The quantitative estimate of drug-likeness (QED) is 0.209. The zero-order valence-corrected chi connectivity index (χ0v) is 26.0. The molecule has 0 saturated heterocycles. The average molecular weight is 589 g/mol. The van der Waals surface area contributed by atoms with Crippen molar-refractivity contribution in [2.75, 3.05) is 24.3 Å². The van der Waals surface area contributed by atoms with Crippen LogP contribution >= 0.6 is 0 Å². The third kappa shape index (κ3) is 8.10. The first-order valence-corrected chi connectivity index (χ1v) is 13.0. The Balaban J connectivity index is 0.000000258. The number of anilines is 2. The van der Waals surface area contributed by atoms with Gasteiger partial charge in [0.05, 0.1) is 7.11 Å². The van der Waals surface area contributed by atoms with Gasteiger partial charge in [-0.25, -0.2) is 19.9 Å². The van der Waals surface area contributed by atoms with Crippen LogP contribution in [0, 0.1) is 0 Å². The third-order valence-corrected chi connectivity index (χ3v) is 5.92. The van der Waals surface area contributed by atoms with Crippen molar-refractivity contribution in [1.29, 1.82) is 0 Å². The van der Waals surface area contributed by atoms with Crippen LogP contribution in [0.1, 0.15) is 14.4 Å². The molecule has 2 heterocycles. The van der Waals surface area contributed by atoms with Gasteiger partial charge < -0.3 is 33.9 Å². The summed E-state index contributed by atoms with van der Waals surface area (Å²) in [5, 5.41) is 11.5. The molecule has 6 rings (SSSR count). The molecule has 8 nitrogen and oxygen atoms in total. The number of aromatic nitrogens is 4. The van der Waals surface area contributed by atoms with E-state index in [0.29, 0.717) is 28.3 Å². The molecule has 42 heavy (non-hydrogen) atoms. The van der Waals surface area contributed by atoms with Crippen LogP contribution in [0.25, 0.3) is 44.1 Å². The fourth-order valence-electron chi connectivity index (χ4n) is 4.07. The second-order valence-corrected chi connectivity index (χ2v) is 9.08. The average Bonchev–Trinajstić information content (AvgIpc) is 2.99. The first-order chi connectivity index (χ1) is 19.5. The minimum absolute atomic E-state index is 0. The Labute approximate surface area is 273 Å². The summed E-state index contributed by atoms with van der Waals surface area (Å²) in [7, 11) is 1.63. The third-order valence-electron chi connectivity index (χ3n) is 5.92. The zero-order chi connectivity index (χ0) is 28.5. The van der Waals surface area contributed by atoms with Crippen LogP contribution in [0.4, 0.5) is 11.6 Å². The first kappa shape index (κ1) is 34.3. The number of phenols is 1. The first-order valence-electron chi connectivity index (χ1n) is 12.5. The molecule has 0 aliphatic rings. The summed E-state index contributed by atoms with van der Waals surface area (Å²) in [5.41, 5.74) is 17.0. The number of benzene rings is 4. The van der Waals surface area contributed by atoms with Gasteiger partial charge in [-0.2, -0.15) is 5.75 Å². The van der Waals surface area contributed by atoms with Crippen molar-refractivity contribution < 1.29 is 39.4 Å². The van der Waals surface area contributed by atoms with E-state index in [1.165, 1.54) is 12.7 Å². The fourth-order valence-corrected chi connectivity index (χ4v) is 4.07. The van der Waals surface area contributed by atoms with Crippen LogP contribution < -0.4 is 45.8 Å². The number of nitrogen functional groups attached to an aromatic ring is 2. The Morgan fingerprint density at radius 3 is 1.60 bits per heavy atom. The SMILES string of the molecule is C.CC[S-].COc1cc(-c2ccccc2)cc2c(N)ncnc12.Nc1ncnc2c(O)cc(-c3ccccc3)cc12.[Na+]. The molecule has 0 amide bonds. The Bertz CT molecular complexity index is 1720. The maximum absolute atomic E-state index is 9.99. The molecule has 0 saturated carbocycles. The molecule has 0 atom stereocenters. The second-order valence-electron chi connectivity index (χ2n) is 8.50. The molecular formula is C32H33N6NaO2S. The molecule has 0 unspecified atom stereocenters. The van der Waals surface area contributed by atoms with Crippen LogP contribution in [-0.4, -0.2) is 37.9 Å². The van der Waals surface area contributed by atoms with Gasteiger partial charge in [-0.05, 0) is 46.5 Å². The van der Waals surface area contributed by atoms with E-state index in [4.69, 9.17) is 16.2 Å². The molecule has 6 aromatic rings. The summed E-state index contributed by atoms with van der Waals surface area (Å²) in [5.74, 6) is 2.47. The van der Waals surface area contributed by atoms with E-state index >= 15 is 0 Å². The molecule has 0 aliphatic heterocycles. The van der Waals surface area contributed by atoms with Crippen LogP contribution in [0.5, 0.6) is 11.5 Å². The van der Waals surface area contributed by atoms with E-state index in [1.54, 1.807) is 13.2 Å². The van der Waals surface area contributed by atoms with Crippen molar-refractivity contribution in [2.24, 2.45) is 0 Å². The number of hydrogen-bond donors (Lipinski definition) is 3. The molecule has 0 aliphatic carbocycles. The van der Waals surface area contributed by atoms with E-state index in [-0.39, 0.29) is 42.7 Å². The van der Waals surface area contributed by atoms with E-state index in [2.05, 4.69) is 32.6 Å². The molecule has 2 aromatic heterocycles. The Morgan fingerprint density at radius 2 is 1.12 bits per heavy atom. The van der Waals surface area contributed by atoms with Gasteiger partial charge in [0.2, 0.25) is 0 Å². The minimum atomic E-state index is 0. The summed E-state index contributed by atoms with van der Waals surface area (Å²) >= 11 is 4.39. The number of phenolic OH excluding ortho intramolecular Hbond substituents is 1. The predicted molar refractivity (Wildman–Crippen MR) is 172 cm³/mol. The van der Waals surface area contributed by atoms with Gasteiger partial charge in [0, 0.05) is 10.8 Å². The van der Waals surface area contributed by atoms with Gasteiger partial charge in [0.15, 0.2) is 0 Å². The van der Waals surface area contributed by atoms with Gasteiger partial charge in [-0.3, -0.25) is 0 Å². The Morgan fingerprint density at radius 1 is 0.690 bits per heavy atom. The molecular weight excluding hydrogens is 555 g/mol. The van der Waals surface area contributed by atoms with Gasteiger partial charge >= 0.3 is 29.6 Å².